The SMILES string of the molecule is OC(c1cncnc1)c1ccc(Cl)c(F)c1. The normalized spacial score (nSPS) is 12.4. The van der Waals surface area contributed by atoms with Gasteiger partial charge in [-0.05, 0) is 17.7 Å². The maximum Gasteiger partial charge on any atom is 0.142 e. The summed E-state index contributed by atoms with van der Waals surface area (Å²) in [4.78, 5) is 7.56. The molecule has 0 aliphatic heterocycles. The summed E-state index contributed by atoms with van der Waals surface area (Å²) in [5, 5.41) is 9.95. The van der Waals surface area contributed by atoms with Crippen LogP contribution in [0.5, 0.6) is 0 Å². The van der Waals surface area contributed by atoms with Crippen molar-refractivity contribution >= 4 is 11.6 Å². The number of nitrogens with zero attached hydrogens (tertiary/aromatic N) is 2. The summed E-state index contributed by atoms with van der Waals surface area (Å²) in [6.07, 6.45) is 3.36. The largest absolute Gasteiger partial charge is 0.384 e. The summed E-state index contributed by atoms with van der Waals surface area (Å²) >= 11 is 5.55. The van der Waals surface area contributed by atoms with Crippen LogP contribution in [0.2, 0.25) is 5.02 Å². The minimum absolute atomic E-state index is 0.0280. The molecule has 0 aliphatic rings. The van der Waals surface area contributed by atoms with E-state index in [0.29, 0.717) is 11.1 Å². The maximum atomic E-state index is 13.2. The van der Waals surface area contributed by atoms with E-state index in [2.05, 4.69) is 9.97 Å². The van der Waals surface area contributed by atoms with Gasteiger partial charge in [-0.1, -0.05) is 17.7 Å². The Hall–Kier alpha value is -1.52. The molecule has 1 aromatic carbocycles. The first-order valence-electron chi connectivity index (χ1n) is 4.56. The zero-order valence-corrected chi connectivity index (χ0v) is 8.89. The van der Waals surface area contributed by atoms with Crippen molar-refractivity contribution in [2.45, 2.75) is 6.10 Å². The van der Waals surface area contributed by atoms with Gasteiger partial charge in [0.15, 0.2) is 0 Å². The van der Waals surface area contributed by atoms with Crippen LogP contribution in [-0.4, -0.2) is 15.1 Å². The Bertz CT molecular complexity index is 493. The highest BCUT2D eigenvalue weighted by Gasteiger charge is 2.12. The first-order chi connectivity index (χ1) is 7.68. The molecule has 0 spiro atoms. The zero-order chi connectivity index (χ0) is 11.5. The van der Waals surface area contributed by atoms with Crippen molar-refractivity contribution in [2.75, 3.05) is 0 Å². The highest BCUT2D eigenvalue weighted by Crippen LogP contribution is 2.24. The number of aromatic nitrogens is 2. The smallest absolute Gasteiger partial charge is 0.142 e. The fourth-order valence-electron chi connectivity index (χ4n) is 1.33. The van der Waals surface area contributed by atoms with Crippen molar-refractivity contribution in [3.05, 3.63) is 58.9 Å². The molecule has 0 radical (unpaired) electrons. The summed E-state index contributed by atoms with van der Waals surface area (Å²) in [6.45, 7) is 0. The van der Waals surface area contributed by atoms with Crippen LogP contribution >= 0.6 is 11.6 Å². The van der Waals surface area contributed by atoms with Crippen LogP contribution in [0.25, 0.3) is 0 Å². The Balaban J connectivity index is 2.34. The Labute approximate surface area is 96.6 Å². The number of aliphatic hydroxyl groups is 1. The molecule has 0 saturated heterocycles. The monoisotopic (exact) mass is 238 g/mol. The molecule has 0 fully saturated rings. The molecule has 2 rings (SSSR count). The predicted molar refractivity (Wildman–Crippen MR) is 57.5 cm³/mol. The maximum absolute atomic E-state index is 13.2. The third-order valence-corrected chi connectivity index (χ3v) is 2.46. The predicted octanol–water partition coefficient (Wildman–Crippen LogP) is 2.35. The van der Waals surface area contributed by atoms with E-state index >= 15 is 0 Å². The molecule has 5 heteroatoms. The van der Waals surface area contributed by atoms with E-state index in [-0.39, 0.29) is 5.02 Å². The molecule has 0 aliphatic carbocycles. The van der Waals surface area contributed by atoms with E-state index in [1.54, 1.807) is 6.07 Å². The van der Waals surface area contributed by atoms with Gasteiger partial charge in [0.2, 0.25) is 0 Å². The van der Waals surface area contributed by atoms with Crippen LogP contribution in [0.1, 0.15) is 17.2 Å². The molecule has 1 heterocycles. The number of rotatable bonds is 2. The summed E-state index contributed by atoms with van der Waals surface area (Å²) in [7, 11) is 0. The first kappa shape index (κ1) is 11.0. The summed E-state index contributed by atoms with van der Waals surface area (Å²) in [5.74, 6) is -0.560. The van der Waals surface area contributed by atoms with Crippen LogP contribution in [-0.2, 0) is 0 Å². The lowest BCUT2D eigenvalue weighted by molar-refractivity contribution is 0.219. The Morgan fingerprint density at radius 1 is 1.19 bits per heavy atom. The Kier molecular flexibility index (Phi) is 3.12. The van der Waals surface area contributed by atoms with Crippen molar-refractivity contribution in [1.82, 2.24) is 9.97 Å². The van der Waals surface area contributed by atoms with E-state index in [4.69, 9.17) is 11.6 Å². The molecule has 1 unspecified atom stereocenters. The van der Waals surface area contributed by atoms with Gasteiger partial charge >= 0.3 is 0 Å². The van der Waals surface area contributed by atoms with Crippen LogP contribution in [0, 0.1) is 5.82 Å². The highest BCUT2D eigenvalue weighted by molar-refractivity contribution is 6.30. The standard InChI is InChI=1S/C11H8ClFN2O/c12-9-2-1-7(3-10(9)13)11(16)8-4-14-6-15-5-8/h1-6,11,16H. The fourth-order valence-corrected chi connectivity index (χ4v) is 1.44. The van der Waals surface area contributed by atoms with Gasteiger partial charge in [-0.15, -0.1) is 0 Å². The van der Waals surface area contributed by atoms with Crippen LogP contribution in [0.4, 0.5) is 4.39 Å². The first-order valence-corrected chi connectivity index (χ1v) is 4.94. The minimum atomic E-state index is -0.951. The van der Waals surface area contributed by atoms with Crippen molar-refractivity contribution in [2.24, 2.45) is 0 Å². The molecule has 2 aromatic rings. The second-order valence-corrected chi connectivity index (χ2v) is 3.66. The molecule has 0 saturated carbocycles. The van der Waals surface area contributed by atoms with Gasteiger partial charge in [-0.3, -0.25) is 0 Å². The lowest BCUT2D eigenvalue weighted by Crippen LogP contribution is -2.01. The third kappa shape index (κ3) is 2.18. The summed E-state index contributed by atoms with van der Waals surface area (Å²) < 4.78 is 13.2. The minimum Gasteiger partial charge on any atom is -0.384 e. The molecule has 0 bridgehead atoms. The number of aliphatic hydroxyl groups excluding tert-OH is 1. The zero-order valence-electron chi connectivity index (χ0n) is 8.14. The van der Waals surface area contributed by atoms with Gasteiger partial charge in [0.05, 0.1) is 5.02 Å². The van der Waals surface area contributed by atoms with Gasteiger partial charge in [0.1, 0.15) is 18.2 Å². The number of hydrogen-bond donors (Lipinski definition) is 1. The second-order valence-electron chi connectivity index (χ2n) is 3.25. The van der Waals surface area contributed by atoms with E-state index in [0.717, 1.165) is 0 Å². The second kappa shape index (κ2) is 4.55. The quantitative estimate of drug-likeness (QED) is 0.874. The van der Waals surface area contributed by atoms with Crippen molar-refractivity contribution < 1.29 is 9.50 Å². The summed E-state index contributed by atoms with van der Waals surface area (Å²) in [5.41, 5.74) is 0.918. The van der Waals surface area contributed by atoms with Crippen LogP contribution in [0.15, 0.2) is 36.9 Å². The lowest BCUT2D eigenvalue weighted by atomic mass is 10.0. The highest BCUT2D eigenvalue weighted by atomic mass is 35.5. The van der Waals surface area contributed by atoms with Gasteiger partial charge in [0, 0.05) is 18.0 Å². The number of hydrogen-bond acceptors (Lipinski definition) is 3. The lowest BCUT2D eigenvalue weighted by Gasteiger charge is -2.10. The molecule has 1 atom stereocenters. The van der Waals surface area contributed by atoms with Gasteiger partial charge in [-0.25, -0.2) is 14.4 Å². The van der Waals surface area contributed by atoms with Crippen molar-refractivity contribution in [3.8, 4) is 0 Å². The van der Waals surface area contributed by atoms with Crippen LogP contribution < -0.4 is 0 Å². The molecular weight excluding hydrogens is 231 g/mol. The molecule has 0 amide bonds. The average molecular weight is 239 g/mol. The van der Waals surface area contributed by atoms with Gasteiger partial charge in [-0.2, -0.15) is 0 Å². The fraction of sp³-hybridized carbons (Fsp3) is 0.0909. The number of benzene rings is 1. The van der Waals surface area contributed by atoms with E-state index < -0.39 is 11.9 Å². The molecule has 16 heavy (non-hydrogen) atoms. The molecule has 3 nitrogen and oxygen atoms in total. The number of halogens is 2. The Morgan fingerprint density at radius 3 is 2.50 bits per heavy atom. The Morgan fingerprint density at radius 2 is 1.88 bits per heavy atom. The van der Waals surface area contributed by atoms with E-state index in [1.165, 1.54) is 30.9 Å². The van der Waals surface area contributed by atoms with Crippen molar-refractivity contribution in [1.29, 1.82) is 0 Å². The van der Waals surface area contributed by atoms with Crippen LogP contribution in [0.3, 0.4) is 0 Å². The molecular formula is C11H8ClFN2O. The van der Waals surface area contributed by atoms with Gasteiger partial charge in [0.25, 0.3) is 0 Å². The van der Waals surface area contributed by atoms with Crippen molar-refractivity contribution in [3.63, 3.8) is 0 Å². The van der Waals surface area contributed by atoms with E-state index in [1.807, 2.05) is 0 Å². The third-order valence-electron chi connectivity index (χ3n) is 2.16. The molecule has 82 valence electrons. The summed E-state index contributed by atoms with van der Waals surface area (Å²) in [6, 6.07) is 4.16. The van der Waals surface area contributed by atoms with Gasteiger partial charge < -0.3 is 5.11 Å². The van der Waals surface area contributed by atoms with E-state index in [9.17, 15) is 9.50 Å². The molecule has 1 N–H and O–H groups in total. The average Bonchev–Trinajstić information content (AvgIpc) is 2.33. The molecule has 1 aromatic heterocycles. The topological polar surface area (TPSA) is 46.0 Å².